The summed E-state index contributed by atoms with van der Waals surface area (Å²) in [5.74, 6) is 5.05. The standard InChI is InChI=1S/C11H15N5O3.C2H6/c1-15-5-14-10(17)9-11(15)16(6-13-9)8-3-2-7(19-8)4-18-12;1-2/h5-8H,2-4,12H2,1H3;1-2H3. The molecule has 8 heteroatoms. The molecule has 1 aliphatic rings. The molecule has 2 unspecified atom stereocenters. The number of fused-ring (bicyclic) bond motifs is 1. The van der Waals surface area contributed by atoms with E-state index in [2.05, 4.69) is 14.8 Å². The van der Waals surface area contributed by atoms with Gasteiger partial charge < -0.3 is 14.1 Å². The highest BCUT2D eigenvalue weighted by Crippen LogP contribution is 2.30. The van der Waals surface area contributed by atoms with E-state index in [-0.39, 0.29) is 17.9 Å². The molecular formula is C13H21N5O3. The average molecular weight is 295 g/mol. The molecule has 116 valence electrons. The van der Waals surface area contributed by atoms with Gasteiger partial charge in [-0.25, -0.2) is 10.9 Å². The van der Waals surface area contributed by atoms with Gasteiger partial charge in [0.1, 0.15) is 18.2 Å². The number of imidazole rings is 1. The van der Waals surface area contributed by atoms with Crippen LogP contribution < -0.4 is 11.5 Å². The number of hydrogen-bond acceptors (Lipinski definition) is 6. The summed E-state index contributed by atoms with van der Waals surface area (Å²) in [5.41, 5.74) is 0.734. The summed E-state index contributed by atoms with van der Waals surface area (Å²) in [5, 5.41) is 0. The van der Waals surface area contributed by atoms with Crippen molar-refractivity contribution in [1.29, 1.82) is 0 Å². The Morgan fingerprint density at radius 2 is 2.14 bits per heavy atom. The fraction of sp³-hybridized carbons (Fsp3) is 0.615. The quantitative estimate of drug-likeness (QED) is 0.838. The largest absolute Gasteiger partial charge is 0.352 e. The molecular weight excluding hydrogens is 274 g/mol. The summed E-state index contributed by atoms with van der Waals surface area (Å²) < 4.78 is 9.45. The molecule has 1 aliphatic heterocycles. The van der Waals surface area contributed by atoms with Gasteiger partial charge in [0.25, 0.3) is 0 Å². The summed E-state index contributed by atoms with van der Waals surface area (Å²) in [6, 6.07) is 0. The number of nitrogens with zero attached hydrogens (tertiary/aromatic N) is 4. The molecule has 2 N–H and O–H groups in total. The van der Waals surface area contributed by atoms with Crippen molar-refractivity contribution in [2.75, 3.05) is 6.61 Å². The summed E-state index contributed by atoms with van der Waals surface area (Å²) in [7, 11) is 1.82. The fourth-order valence-corrected chi connectivity index (χ4v) is 2.44. The van der Waals surface area contributed by atoms with Crippen LogP contribution in [0.1, 0.15) is 32.9 Å². The van der Waals surface area contributed by atoms with Crippen LogP contribution in [-0.4, -0.2) is 31.8 Å². The molecule has 0 bridgehead atoms. The molecule has 2 atom stereocenters. The fourth-order valence-electron chi connectivity index (χ4n) is 2.44. The van der Waals surface area contributed by atoms with Crippen molar-refractivity contribution >= 4 is 11.2 Å². The molecule has 21 heavy (non-hydrogen) atoms. The van der Waals surface area contributed by atoms with Gasteiger partial charge in [0, 0.05) is 7.05 Å². The van der Waals surface area contributed by atoms with Gasteiger partial charge in [-0.15, -0.1) is 0 Å². The molecule has 0 saturated carbocycles. The van der Waals surface area contributed by atoms with Crippen LogP contribution in [0.15, 0.2) is 17.4 Å². The first-order valence-corrected chi connectivity index (χ1v) is 7.06. The van der Waals surface area contributed by atoms with Gasteiger partial charge in [-0.2, -0.15) is 4.98 Å². The zero-order chi connectivity index (χ0) is 15.4. The number of aryl methyl sites for hydroxylation is 1. The Morgan fingerprint density at radius 3 is 2.86 bits per heavy atom. The number of aromatic nitrogens is 4. The van der Waals surface area contributed by atoms with E-state index in [9.17, 15) is 4.79 Å². The lowest BCUT2D eigenvalue weighted by Crippen LogP contribution is -2.19. The third-order valence-corrected chi connectivity index (χ3v) is 3.33. The molecule has 2 aromatic heterocycles. The van der Waals surface area contributed by atoms with Crippen LogP contribution in [0.3, 0.4) is 0 Å². The van der Waals surface area contributed by atoms with E-state index < -0.39 is 0 Å². The summed E-state index contributed by atoms with van der Waals surface area (Å²) in [6.07, 6.45) is 4.61. The van der Waals surface area contributed by atoms with Crippen LogP contribution in [0.25, 0.3) is 11.2 Å². The Bertz CT molecular complexity index is 651. The minimum atomic E-state index is -0.327. The molecule has 3 rings (SSSR count). The maximum Gasteiger partial charge on any atom is 0.300 e. The van der Waals surface area contributed by atoms with Gasteiger partial charge in [0.15, 0.2) is 5.52 Å². The van der Waals surface area contributed by atoms with Gasteiger partial charge in [-0.3, -0.25) is 9.36 Å². The SMILES string of the molecule is CC.Cn1cnc(=O)c2ncn(C3CCC(CON)O3)c21. The zero-order valence-corrected chi connectivity index (χ0v) is 12.5. The van der Waals surface area contributed by atoms with Gasteiger partial charge in [-0.1, -0.05) is 13.8 Å². The molecule has 1 fully saturated rings. The summed E-state index contributed by atoms with van der Waals surface area (Å²) in [6.45, 7) is 4.36. The minimum Gasteiger partial charge on any atom is -0.352 e. The molecule has 0 amide bonds. The zero-order valence-electron chi connectivity index (χ0n) is 12.5. The first-order chi connectivity index (χ1) is 10.2. The topological polar surface area (TPSA) is 97.2 Å². The molecule has 0 radical (unpaired) electrons. The molecule has 0 aromatic carbocycles. The van der Waals surface area contributed by atoms with Crippen LogP contribution in [0, 0.1) is 0 Å². The Hall–Kier alpha value is -1.77. The number of hydrogen-bond donors (Lipinski definition) is 1. The number of rotatable bonds is 3. The van der Waals surface area contributed by atoms with E-state index in [0.717, 1.165) is 12.8 Å². The van der Waals surface area contributed by atoms with Crippen LogP contribution >= 0.6 is 0 Å². The Morgan fingerprint density at radius 1 is 1.38 bits per heavy atom. The lowest BCUT2D eigenvalue weighted by molar-refractivity contribution is -0.0405. The van der Waals surface area contributed by atoms with Gasteiger partial charge >= 0.3 is 5.56 Å². The van der Waals surface area contributed by atoms with E-state index in [1.54, 1.807) is 10.9 Å². The predicted molar refractivity (Wildman–Crippen MR) is 77.4 cm³/mol. The van der Waals surface area contributed by atoms with Crippen LogP contribution in [0.5, 0.6) is 0 Å². The normalized spacial score (nSPS) is 21.3. The second kappa shape index (κ2) is 6.79. The van der Waals surface area contributed by atoms with Crippen molar-refractivity contribution in [2.45, 2.75) is 39.0 Å². The highest BCUT2D eigenvalue weighted by atomic mass is 16.6. The van der Waals surface area contributed by atoms with Gasteiger partial charge in [0.2, 0.25) is 0 Å². The first kappa shape index (κ1) is 15.6. The lowest BCUT2D eigenvalue weighted by Gasteiger charge is -2.15. The summed E-state index contributed by atoms with van der Waals surface area (Å²) in [4.78, 5) is 24.1. The van der Waals surface area contributed by atoms with Crippen LogP contribution in [-0.2, 0) is 16.6 Å². The summed E-state index contributed by atoms with van der Waals surface area (Å²) >= 11 is 0. The predicted octanol–water partition coefficient (Wildman–Crippen LogP) is 0.724. The van der Waals surface area contributed by atoms with Crippen molar-refractivity contribution in [3.8, 4) is 0 Å². The van der Waals surface area contributed by atoms with Crippen molar-refractivity contribution < 1.29 is 9.57 Å². The van der Waals surface area contributed by atoms with Crippen LogP contribution in [0.2, 0.25) is 0 Å². The number of nitrogens with two attached hydrogens (primary N) is 1. The van der Waals surface area contributed by atoms with E-state index in [4.69, 9.17) is 10.6 Å². The monoisotopic (exact) mass is 295 g/mol. The second-order valence-corrected chi connectivity index (χ2v) is 4.61. The maximum absolute atomic E-state index is 11.6. The highest BCUT2D eigenvalue weighted by Gasteiger charge is 2.28. The maximum atomic E-state index is 11.6. The van der Waals surface area contributed by atoms with Gasteiger partial charge in [-0.05, 0) is 12.8 Å². The average Bonchev–Trinajstić information content (AvgIpc) is 3.12. The van der Waals surface area contributed by atoms with Crippen molar-refractivity contribution in [3.63, 3.8) is 0 Å². The third-order valence-electron chi connectivity index (χ3n) is 3.33. The van der Waals surface area contributed by atoms with E-state index in [0.29, 0.717) is 17.8 Å². The van der Waals surface area contributed by atoms with Crippen molar-refractivity contribution in [3.05, 3.63) is 23.0 Å². The Kier molecular flexibility index (Phi) is 5.05. The molecule has 1 saturated heterocycles. The van der Waals surface area contributed by atoms with E-state index in [1.165, 1.54) is 6.33 Å². The Balaban J connectivity index is 0.000000774. The van der Waals surface area contributed by atoms with Gasteiger partial charge in [0.05, 0.1) is 19.0 Å². The van der Waals surface area contributed by atoms with E-state index >= 15 is 0 Å². The molecule has 2 aromatic rings. The second-order valence-electron chi connectivity index (χ2n) is 4.61. The molecule has 8 nitrogen and oxygen atoms in total. The smallest absolute Gasteiger partial charge is 0.300 e. The first-order valence-electron chi connectivity index (χ1n) is 7.06. The minimum absolute atomic E-state index is 0.0219. The highest BCUT2D eigenvalue weighted by molar-refractivity contribution is 5.69. The third kappa shape index (κ3) is 2.97. The lowest BCUT2D eigenvalue weighted by atomic mass is 10.2. The van der Waals surface area contributed by atoms with Crippen molar-refractivity contribution in [2.24, 2.45) is 12.9 Å². The van der Waals surface area contributed by atoms with E-state index in [1.807, 2.05) is 25.5 Å². The molecule has 0 spiro atoms. The van der Waals surface area contributed by atoms with Crippen LogP contribution in [0.4, 0.5) is 0 Å². The Labute approximate surface area is 122 Å². The number of ether oxygens (including phenoxy) is 1. The molecule has 0 aliphatic carbocycles. The van der Waals surface area contributed by atoms with Crippen molar-refractivity contribution in [1.82, 2.24) is 19.1 Å². The molecule has 3 heterocycles.